The maximum absolute atomic E-state index is 9.54. The number of aromatic nitrogens is 1. The van der Waals surface area contributed by atoms with Crippen molar-refractivity contribution in [3.63, 3.8) is 0 Å². The number of pyridine rings is 1. The van der Waals surface area contributed by atoms with Crippen LogP contribution < -0.4 is 5.73 Å². The number of aryl methyl sites for hydroxylation is 1. The number of benzene rings is 1. The summed E-state index contributed by atoms with van der Waals surface area (Å²) in [6.45, 7) is 2.22. The summed E-state index contributed by atoms with van der Waals surface area (Å²) in [5, 5.41) is 10.2. The number of hydrogen-bond donors (Lipinski definition) is 1. The molecule has 2 N–H and O–H groups in total. The SMILES string of the molecule is CCC1CCc2nc(N)c(C#N)c(-c3ccc(Cl)cc3)c2C1. The molecule has 0 saturated carbocycles. The van der Waals surface area contributed by atoms with Crippen molar-refractivity contribution in [2.75, 3.05) is 5.73 Å². The minimum absolute atomic E-state index is 0.334. The molecule has 1 heterocycles. The molecule has 112 valence electrons. The molecule has 1 aliphatic carbocycles. The minimum Gasteiger partial charge on any atom is -0.383 e. The van der Waals surface area contributed by atoms with E-state index in [-0.39, 0.29) is 0 Å². The highest BCUT2D eigenvalue weighted by Crippen LogP contribution is 2.38. The Bertz CT molecular complexity index is 744. The van der Waals surface area contributed by atoms with E-state index >= 15 is 0 Å². The van der Waals surface area contributed by atoms with Gasteiger partial charge in [0.2, 0.25) is 0 Å². The van der Waals surface area contributed by atoms with Gasteiger partial charge in [0.1, 0.15) is 17.5 Å². The van der Waals surface area contributed by atoms with Crippen LogP contribution in [0.3, 0.4) is 0 Å². The molecular formula is C18H18ClN3. The molecular weight excluding hydrogens is 294 g/mol. The summed E-state index contributed by atoms with van der Waals surface area (Å²) >= 11 is 5.99. The monoisotopic (exact) mass is 311 g/mol. The van der Waals surface area contributed by atoms with E-state index in [1.165, 1.54) is 5.56 Å². The molecule has 3 rings (SSSR count). The molecule has 0 amide bonds. The first-order chi connectivity index (χ1) is 10.6. The van der Waals surface area contributed by atoms with Crippen LogP contribution in [0.15, 0.2) is 24.3 Å². The van der Waals surface area contributed by atoms with E-state index < -0.39 is 0 Å². The summed E-state index contributed by atoms with van der Waals surface area (Å²) < 4.78 is 0. The second kappa shape index (κ2) is 5.98. The quantitative estimate of drug-likeness (QED) is 0.895. The van der Waals surface area contributed by atoms with Crippen molar-refractivity contribution >= 4 is 17.4 Å². The molecule has 22 heavy (non-hydrogen) atoms. The van der Waals surface area contributed by atoms with Gasteiger partial charge in [0, 0.05) is 16.3 Å². The number of halogens is 1. The van der Waals surface area contributed by atoms with Gasteiger partial charge in [-0.25, -0.2) is 4.98 Å². The number of nitriles is 1. The van der Waals surface area contributed by atoms with Gasteiger partial charge in [0.05, 0.1) is 0 Å². The number of anilines is 1. The molecule has 4 heteroatoms. The van der Waals surface area contributed by atoms with Crippen molar-refractivity contribution in [2.45, 2.75) is 32.6 Å². The topological polar surface area (TPSA) is 62.7 Å². The van der Waals surface area contributed by atoms with E-state index in [2.05, 4.69) is 18.0 Å². The number of rotatable bonds is 2. The second-order valence-electron chi connectivity index (χ2n) is 5.81. The van der Waals surface area contributed by atoms with Crippen molar-refractivity contribution in [2.24, 2.45) is 5.92 Å². The van der Waals surface area contributed by atoms with Gasteiger partial charge in [0.25, 0.3) is 0 Å². The summed E-state index contributed by atoms with van der Waals surface area (Å²) in [5.74, 6) is 0.983. The summed E-state index contributed by atoms with van der Waals surface area (Å²) in [7, 11) is 0. The lowest BCUT2D eigenvalue weighted by Gasteiger charge is -2.26. The lowest BCUT2D eigenvalue weighted by Crippen LogP contribution is -2.18. The Balaban J connectivity index is 2.24. The van der Waals surface area contributed by atoms with Crippen LogP contribution in [0.2, 0.25) is 5.02 Å². The van der Waals surface area contributed by atoms with Gasteiger partial charge in [-0.3, -0.25) is 0 Å². The Morgan fingerprint density at radius 2 is 2.09 bits per heavy atom. The molecule has 0 spiro atoms. The minimum atomic E-state index is 0.334. The van der Waals surface area contributed by atoms with Gasteiger partial charge in [-0.05, 0) is 48.4 Å². The van der Waals surface area contributed by atoms with Gasteiger partial charge in [-0.2, -0.15) is 5.26 Å². The Labute approximate surface area is 135 Å². The van der Waals surface area contributed by atoms with E-state index in [1.54, 1.807) is 0 Å². The summed E-state index contributed by atoms with van der Waals surface area (Å²) in [6, 6.07) is 9.84. The van der Waals surface area contributed by atoms with Crippen LogP contribution in [0.25, 0.3) is 11.1 Å². The molecule has 1 unspecified atom stereocenters. The van der Waals surface area contributed by atoms with Gasteiger partial charge < -0.3 is 5.73 Å². The third kappa shape index (κ3) is 2.55. The van der Waals surface area contributed by atoms with E-state index in [4.69, 9.17) is 17.3 Å². The van der Waals surface area contributed by atoms with Crippen LogP contribution in [0, 0.1) is 17.2 Å². The zero-order valence-electron chi connectivity index (χ0n) is 12.6. The van der Waals surface area contributed by atoms with Crippen LogP contribution in [0.1, 0.15) is 36.6 Å². The van der Waals surface area contributed by atoms with E-state index in [0.717, 1.165) is 42.5 Å². The standard InChI is InChI=1S/C18H18ClN3/c1-2-11-3-8-16-14(9-11)17(15(10-20)18(21)22-16)12-4-6-13(19)7-5-12/h4-7,11H,2-3,8-9H2,1H3,(H2,21,22). The third-order valence-electron chi connectivity index (χ3n) is 4.52. The first-order valence-electron chi connectivity index (χ1n) is 7.61. The molecule has 0 radical (unpaired) electrons. The number of nitrogens with zero attached hydrogens (tertiary/aromatic N) is 2. The highest BCUT2D eigenvalue weighted by Gasteiger charge is 2.25. The average molecular weight is 312 g/mol. The number of nitrogens with two attached hydrogens (primary N) is 1. The fourth-order valence-corrected chi connectivity index (χ4v) is 3.37. The first kappa shape index (κ1) is 14.9. The van der Waals surface area contributed by atoms with E-state index in [0.29, 0.717) is 22.3 Å². The van der Waals surface area contributed by atoms with E-state index in [9.17, 15) is 5.26 Å². The number of fused-ring (bicyclic) bond motifs is 1. The number of nitrogen functional groups attached to an aromatic ring is 1. The van der Waals surface area contributed by atoms with Crippen LogP contribution in [0.4, 0.5) is 5.82 Å². The van der Waals surface area contributed by atoms with Crippen molar-refractivity contribution in [1.82, 2.24) is 4.98 Å². The Kier molecular flexibility index (Phi) is 4.04. The van der Waals surface area contributed by atoms with Crippen LogP contribution in [-0.4, -0.2) is 4.98 Å². The van der Waals surface area contributed by atoms with Crippen molar-refractivity contribution in [1.29, 1.82) is 5.26 Å². The fraction of sp³-hybridized carbons (Fsp3) is 0.333. The van der Waals surface area contributed by atoms with Crippen molar-refractivity contribution < 1.29 is 0 Å². The fourth-order valence-electron chi connectivity index (χ4n) is 3.25. The summed E-state index contributed by atoms with van der Waals surface area (Å²) in [4.78, 5) is 4.49. The average Bonchev–Trinajstić information content (AvgIpc) is 2.54. The molecule has 1 atom stereocenters. The van der Waals surface area contributed by atoms with Gasteiger partial charge in [-0.1, -0.05) is 37.1 Å². The van der Waals surface area contributed by atoms with Crippen molar-refractivity contribution in [3.8, 4) is 17.2 Å². The lowest BCUT2D eigenvalue weighted by atomic mass is 9.80. The zero-order valence-corrected chi connectivity index (χ0v) is 13.3. The highest BCUT2D eigenvalue weighted by molar-refractivity contribution is 6.30. The number of hydrogen-bond acceptors (Lipinski definition) is 3. The maximum atomic E-state index is 9.54. The zero-order chi connectivity index (χ0) is 15.7. The predicted octanol–water partition coefficient (Wildman–Crippen LogP) is 4.37. The molecule has 0 fully saturated rings. The largest absolute Gasteiger partial charge is 0.383 e. The molecule has 2 aromatic rings. The Morgan fingerprint density at radius 1 is 1.36 bits per heavy atom. The predicted molar refractivity (Wildman–Crippen MR) is 89.6 cm³/mol. The van der Waals surface area contributed by atoms with Gasteiger partial charge >= 0.3 is 0 Å². The summed E-state index contributed by atoms with van der Waals surface area (Å²) in [6.07, 6.45) is 4.18. The Morgan fingerprint density at radius 3 is 2.73 bits per heavy atom. The molecule has 1 aromatic heterocycles. The normalized spacial score (nSPS) is 16.9. The van der Waals surface area contributed by atoms with Crippen LogP contribution in [0.5, 0.6) is 0 Å². The van der Waals surface area contributed by atoms with Crippen LogP contribution >= 0.6 is 11.6 Å². The molecule has 0 bridgehead atoms. The second-order valence-corrected chi connectivity index (χ2v) is 6.24. The molecule has 0 saturated heterocycles. The first-order valence-corrected chi connectivity index (χ1v) is 7.99. The molecule has 3 nitrogen and oxygen atoms in total. The maximum Gasteiger partial charge on any atom is 0.142 e. The molecule has 1 aliphatic rings. The molecule has 0 aliphatic heterocycles. The van der Waals surface area contributed by atoms with E-state index in [1.807, 2.05) is 24.3 Å². The van der Waals surface area contributed by atoms with Crippen LogP contribution in [-0.2, 0) is 12.8 Å². The third-order valence-corrected chi connectivity index (χ3v) is 4.77. The lowest BCUT2D eigenvalue weighted by molar-refractivity contribution is 0.441. The smallest absolute Gasteiger partial charge is 0.142 e. The molecule has 1 aromatic carbocycles. The van der Waals surface area contributed by atoms with Crippen molar-refractivity contribution in [3.05, 3.63) is 46.1 Å². The van der Waals surface area contributed by atoms with Gasteiger partial charge in [-0.15, -0.1) is 0 Å². The Hall–Kier alpha value is -2.05. The highest BCUT2D eigenvalue weighted by atomic mass is 35.5. The van der Waals surface area contributed by atoms with Gasteiger partial charge in [0.15, 0.2) is 0 Å². The summed E-state index contributed by atoms with van der Waals surface area (Å²) in [5.41, 5.74) is 10.7.